The Labute approximate surface area is 83.5 Å². The summed E-state index contributed by atoms with van der Waals surface area (Å²) in [4.78, 5) is 2.67. The van der Waals surface area contributed by atoms with E-state index in [9.17, 15) is 0 Å². The van der Waals surface area contributed by atoms with Gasteiger partial charge in [-0.1, -0.05) is 27.7 Å². The molecule has 0 aromatic carbocycles. The van der Waals surface area contributed by atoms with Crippen molar-refractivity contribution in [3.8, 4) is 0 Å². The quantitative estimate of drug-likeness (QED) is 0.635. The van der Waals surface area contributed by atoms with Crippen LogP contribution in [0, 0.1) is 11.3 Å². The third-order valence-electron chi connectivity index (χ3n) is 3.23. The zero-order valence-electron chi connectivity index (χ0n) is 10.1. The van der Waals surface area contributed by atoms with Crippen molar-refractivity contribution in [1.82, 2.24) is 4.90 Å². The fraction of sp³-hybridized carbons (Fsp3) is 1.00. The molecule has 1 nitrogen and oxygen atoms in total. The Morgan fingerprint density at radius 2 is 1.69 bits per heavy atom. The first-order valence-corrected chi connectivity index (χ1v) is 5.59. The van der Waals surface area contributed by atoms with Crippen LogP contribution in [0.3, 0.4) is 0 Å². The second-order valence-corrected chi connectivity index (χ2v) is 5.95. The van der Waals surface area contributed by atoms with Gasteiger partial charge >= 0.3 is 0 Å². The van der Waals surface area contributed by atoms with Crippen molar-refractivity contribution in [2.75, 3.05) is 6.54 Å². The molecule has 0 saturated carbocycles. The summed E-state index contributed by atoms with van der Waals surface area (Å²) in [5, 5.41) is 0. The van der Waals surface area contributed by atoms with Crippen molar-refractivity contribution in [1.29, 1.82) is 0 Å². The van der Waals surface area contributed by atoms with Crippen LogP contribution in [-0.2, 0) is 0 Å². The lowest BCUT2D eigenvalue weighted by Crippen LogP contribution is -2.38. The number of rotatable bonds is 2. The van der Waals surface area contributed by atoms with Gasteiger partial charge in [-0.2, -0.15) is 0 Å². The molecule has 0 bridgehead atoms. The van der Waals surface area contributed by atoms with Gasteiger partial charge in [0.25, 0.3) is 0 Å². The van der Waals surface area contributed by atoms with E-state index < -0.39 is 0 Å². The number of hydrogen-bond donors (Lipinski definition) is 0. The Hall–Kier alpha value is -0.0400. The van der Waals surface area contributed by atoms with E-state index in [0.29, 0.717) is 11.5 Å². The predicted octanol–water partition coefficient (Wildman–Crippen LogP) is 3.15. The van der Waals surface area contributed by atoms with Gasteiger partial charge in [0.05, 0.1) is 0 Å². The van der Waals surface area contributed by atoms with Crippen LogP contribution in [0.15, 0.2) is 0 Å². The first kappa shape index (κ1) is 11.0. The summed E-state index contributed by atoms with van der Waals surface area (Å²) in [6.45, 7) is 15.4. The minimum atomic E-state index is 0.527. The smallest absolute Gasteiger partial charge is 0.0127 e. The molecule has 1 rings (SSSR count). The Morgan fingerprint density at radius 3 is 2.00 bits per heavy atom. The zero-order valence-corrected chi connectivity index (χ0v) is 10.1. The molecule has 0 aromatic heterocycles. The van der Waals surface area contributed by atoms with E-state index in [1.165, 1.54) is 13.0 Å². The maximum absolute atomic E-state index is 2.67. The fourth-order valence-electron chi connectivity index (χ4n) is 2.54. The molecule has 1 heterocycles. The third kappa shape index (κ3) is 2.46. The Balaban J connectivity index is 2.71. The standard InChI is InChI=1S/C12H25N/c1-9(2)11-7-12(5,6)8-13(11)10(3)4/h9-11H,7-8H2,1-6H3/t11-/m0/s1. The normalized spacial score (nSPS) is 29.1. The summed E-state index contributed by atoms with van der Waals surface area (Å²) in [5.74, 6) is 0.796. The van der Waals surface area contributed by atoms with Crippen molar-refractivity contribution in [3.63, 3.8) is 0 Å². The van der Waals surface area contributed by atoms with E-state index >= 15 is 0 Å². The lowest BCUT2D eigenvalue weighted by Gasteiger charge is -2.30. The molecular formula is C12H25N. The van der Waals surface area contributed by atoms with Gasteiger partial charge in [-0.3, -0.25) is 4.90 Å². The first-order valence-electron chi connectivity index (χ1n) is 5.59. The molecule has 13 heavy (non-hydrogen) atoms. The second kappa shape index (κ2) is 3.61. The molecule has 1 aliphatic rings. The van der Waals surface area contributed by atoms with Crippen LogP contribution in [0.2, 0.25) is 0 Å². The highest BCUT2D eigenvalue weighted by Crippen LogP contribution is 2.37. The zero-order chi connectivity index (χ0) is 10.2. The molecule has 0 amide bonds. The van der Waals surface area contributed by atoms with Gasteiger partial charge in [-0.05, 0) is 31.6 Å². The maximum atomic E-state index is 2.67. The van der Waals surface area contributed by atoms with E-state index in [1.54, 1.807) is 0 Å². The molecular weight excluding hydrogens is 158 g/mol. The van der Waals surface area contributed by atoms with Gasteiger partial charge in [0, 0.05) is 18.6 Å². The maximum Gasteiger partial charge on any atom is 0.0127 e. The average molecular weight is 183 g/mol. The van der Waals surface area contributed by atoms with Crippen LogP contribution in [0.5, 0.6) is 0 Å². The highest BCUT2D eigenvalue weighted by Gasteiger charge is 2.39. The molecule has 0 radical (unpaired) electrons. The highest BCUT2D eigenvalue weighted by molar-refractivity contribution is 4.93. The summed E-state index contributed by atoms with van der Waals surface area (Å²) >= 11 is 0. The first-order chi connectivity index (χ1) is 5.83. The lowest BCUT2D eigenvalue weighted by atomic mass is 9.87. The summed E-state index contributed by atoms with van der Waals surface area (Å²) < 4.78 is 0. The summed E-state index contributed by atoms with van der Waals surface area (Å²) in [6, 6.07) is 1.50. The molecule has 0 N–H and O–H groups in total. The van der Waals surface area contributed by atoms with Gasteiger partial charge < -0.3 is 0 Å². The monoisotopic (exact) mass is 183 g/mol. The molecule has 0 aliphatic carbocycles. The molecule has 1 aliphatic heterocycles. The Kier molecular flexibility index (Phi) is 3.06. The van der Waals surface area contributed by atoms with E-state index in [2.05, 4.69) is 46.4 Å². The number of hydrogen-bond acceptors (Lipinski definition) is 1. The van der Waals surface area contributed by atoms with E-state index in [4.69, 9.17) is 0 Å². The molecule has 0 spiro atoms. The van der Waals surface area contributed by atoms with E-state index in [0.717, 1.165) is 12.0 Å². The largest absolute Gasteiger partial charge is 0.297 e. The predicted molar refractivity (Wildman–Crippen MR) is 58.9 cm³/mol. The fourth-order valence-corrected chi connectivity index (χ4v) is 2.54. The highest BCUT2D eigenvalue weighted by atomic mass is 15.2. The van der Waals surface area contributed by atoms with Gasteiger partial charge in [0.15, 0.2) is 0 Å². The second-order valence-electron chi connectivity index (χ2n) is 5.95. The van der Waals surface area contributed by atoms with Crippen LogP contribution >= 0.6 is 0 Å². The minimum Gasteiger partial charge on any atom is -0.297 e. The van der Waals surface area contributed by atoms with Crippen molar-refractivity contribution in [3.05, 3.63) is 0 Å². The molecule has 1 fully saturated rings. The van der Waals surface area contributed by atoms with Gasteiger partial charge in [0.1, 0.15) is 0 Å². The molecule has 0 unspecified atom stereocenters. The van der Waals surface area contributed by atoms with Crippen molar-refractivity contribution < 1.29 is 0 Å². The Morgan fingerprint density at radius 1 is 1.15 bits per heavy atom. The summed E-state index contributed by atoms with van der Waals surface area (Å²) in [7, 11) is 0. The SMILES string of the molecule is CC(C)[C@@H]1CC(C)(C)CN1C(C)C. The van der Waals surface area contributed by atoms with Crippen molar-refractivity contribution in [2.24, 2.45) is 11.3 Å². The summed E-state index contributed by atoms with van der Waals surface area (Å²) in [6.07, 6.45) is 1.36. The minimum absolute atomic E-state index is 0.527. The lowest BCUT2D eigenvalue weighted by molar-refractivity contribution is 0.161. The van der Waals surface area contributed by atoms with Gasteiger partial charge in [-0.15, -0.1) is 0 Å². The van der Waals surface area contributed by atoms with Crippen LogP contribution in [0.1, 0.15) is 48.0 Å². The van der Waals surface area contributed by atoms with Gasteiger partial charge in [0.2, 0.25) is 0 Å². The summed E-state index contributed by atoms with van der Waals surface area (Å²) in [5.41, 5.74) is 0.527. The van der Waals surface area contributed by atoms with Crippen LogP contribution in [0.25, 0.3) is 0 Å². The molecule has 0 aromatic rings. The van der Waals surface area contributed by atoms with Gasteiger partial charge in [-0.25, -0.2) is 0 Å². The van der Waals surface area contributed by atoms with Crippen LogP contribution in [0.4, 0.5) is 0 Å². The number of likely N-dealkylation sites (tertiary alicyclic amines) is 1. The molecule has 1 saturated heterocycles. The average Bonchev–Trinajstić information content (AvgIpc) is 2.26. The molecule has 78 valence electrons. The topological polar surface area (TPSA) is 3.24 Å². The molecule has 1 heteroatoms. The van der Waals surface area contributed by atoms with Crippen LogP contribution < -0.4 is 0 Å². The van der Waals surface area contributed by atoms with Crippen LogP contribution in [-0.4, -0.2) is 23.5 Å². The third-order valence-corrected chi connectivity index (χ3v) is 3.23. The van der Waals surface area contributed by atoms with E-state index in [1.807, 2.05) is 0 Å². The van der Waals surface area contributed by atoms with Crippen molar-refractivity contribution in [2.45, 2.75) is 60.0 Å². The molecule has 1 atom stereocenters. The number of nitrogens with zero attached hydrogens (tertiary/aromatic N) is 1. The van der Waals surface area contributed by atoms with E-state index in [-0.39, 0.29) is 0 Å². The van der Waals surface area contributed by atoms with Crippen molar-refractivity contribution >= 4 is 0 Å². The Bertz CT molecular complexity index is 152.